The number of thioether (sulfide) groups is 1. The molecule has 134 valence electrons. The maximum Gasteiger partial charge on any atom is 0.258 e. The molecule has 0 aliphatic heterocycles. The molecule has 4 rings (SSSR count). The molecule has 4 aromatic rings. The van der Waals surface area contributed by atoms with Gasteiger partial charge in [0.15, 0.2) is 5.16 Å². The van der Waals surface area contributed by atoms with Crippen LogP contribution < -0.4 is 5.56 Å². The van der Waals surface area contributed by atoms with E-state index in [0.717, 1.165) is 17.0 Å². The Kier molecular flexibility index (Phi) is 4.73. The minimum Gasteiger partial charge on any atom is -0.309 e. The quantitative estimate of drug-likeness (QED) is 0.419. The molecule has 5 nitrogen and oxygen atoms in total. The second-order valence-electron chi connectivity index (χ2n) is 6.27. The molecule has 0 saturated heterocycles. The summed E-state index contributed by atoms with van der Waals surface area (Å²) in [4.78, 5) is 29.0. The van der Waals surface area contributed by atoms with Gasteiger partial charge in [0.1, 0.15) is 5.82 Å². The molecule has 0 bridgehead atoms. The number of fused-ring (bicyclic) bond motifs is 1. The van der Waals surface area contributed by atoms with E-state index in [9.17, 15) is 4.79 Å². The van der Waals surface area contributed by atoms with Gasteiger partial charge in [0.2, 0.25) is 0 Å². The third-order valence-corrected chi connectivity index (χ3v) is 5.17. The Bertz CT molecular complexity index is 1160. The average molecular weight is 374 g/mol. The Balaban J connectivity index is 1.66. The Morgan fingerprint density at radius 2 is 1.70 bits per heavy atom. The summed E-state index contributed by atoms with van der Waals surface area (Å²) in [5.74, 6) is 0.620. The maximum atomic E-state index is 12.3. The molecule has 0 fully saturated rings. The van der Waals surface area contributed by atoms with Crippen molar-refractivity contribution in [3.8, 4) is 11.3 Å². The molecule has 2 aromatic heterocycles. The lowest BCUT2D eigenvalue weighted by molar-refractivity contribution is 0.892. The van der Waals surface area contributed by atoms with E-state index in [1.165, 1.54) is 11.8 Å². The topological polar surface area (TPSA) is 71.5 Å². The monoisotopic (exact) mass is 374 g/mol. The van der Waals surface area contributed by atoms with E-state index < -0.39 is 0 Å². The zero-order valence-electron chi connectivity index (χ0n) is 15.0. The van der Waals surface area contributed by atoms with Gasteiger partial charge in [0.25, 0.3) is 5.56 Å². The highest BCUT2D eigenvalue weighted by Crippen LogP contribution is 2.32. The molecule has 0 unspecified atom stereocenters. The Morgan fingerprint density at radius 1 is 0.963 bits per heavy atom. The van der Waals surface area contributed by atoms with Gasteiger partial charge >= 0.3 is 0 Å². The van der Waals surface area contributed by atoms with Gasteiger partial charge in [-0.2, -0.15) is 0 Å². The second-order valence-corrected chi connectivity index (χ2v) is 7.58. The largest absolute Gasteiger partial charge is 0.309 e. The molecule has 1 N–H and O–H groups in total. The number of aryl methyl sites for hydroxylation is 1. The molecule has 6 heteroatoms. The molecule has 2 heterocycles. The number of aromatic amines is 1. The zero-order valence-corrected chi connectivity index (χ0v) is 15.8. The van der Waals surface area contributed by atoms with Gasteiger partial charge < -0.3 is 4.98 Å². The molecule has 0 saturated carbocycles. The van der Waals surface area contributed by atoms with Gasteiger partial charge in [0.05, 0.1) is 21.8 Å². The summed E-state index contributed by atoms with van der Waals surface area (Å²) in [6.07, 6.45) is 0. The van der Waals surface area contributed by atoms with Gasteiger partial charge in [0, 0.05) is 11.3 Å². The van der Waals surface area contributed by atoms with Crippen molar-refractivity contribution in [2.24, 2.45) is 0 Å². The van der Waals surface area contributed by atoms with Crippen molar-refractivity contribution < 1.29 is 0 Å². The summed E-state index contributed by atoms with van der Waals surface area (Å²) >= 11 is 1.48. The van der Waals surface area contributed by atoms with E-state index in [0.29, 0.717) is 21.9 Å². The van der Waals surface area contributed by atoms with Crippen LogP contribution in [0, 0.1) is 6.92 Å². The summed E-state index contributed by atoms with van der Waals surface area (Å²) in [5, 5.41) is 1.17. The highest BCUT2D eigenvalue weighted by Gasteiger charge is 2.15. The Hall–Kier alpha value is -2.99. The smallest absolute Gasteiger partial charge is 0.258 e. The fourth-order valence-corrected chi connectivity index (χ4v) is 3.75. The minimum absolute atomic E-state index is 0.0901. The number of rotatable bonds is 4. The van der Waals surface area contributed by atoms with Gasteiger partial charge in [-0.15, -0.1) is 0 Å². The molecule has 1 atom stereocenters. The van der Waals surface area contributed by atoms with Crippen LogP contribution in [0.15, 0.2) is 70.6 Å². The van der Waals surface area contributed by atoms with Gasteiger partial charge in [-0.1, -0.05) is 54.2 Å². The van der Waals surface area contributed by atoms with Crippen LogP contribution in [0.4, 0.5) is 0 Å². The van der Waals surface area contributed by atoms with E-state index in [4.69, 9.17) is 0 Å². The molecule has 0 aliphatic rings. The van der Waals surface area contributed by atoms with Crippen molar-refractivity contribution in [2.45, 2.75) is 24.3 Å². The van der Waals surface area contributed by atoms with Crippen molar-refractivity contribution in [2.75, 3.05) is 0 Å². The molecule has 2 aromatic carbocycles. The third kappa shape index (κ3) is 3.75. The van der Waals surface area contributed by atoms with Gasteiger partial charge in [-0.3, -0.25) is 4.79 Å². The van der Waals surface area contributed by atoms with Gasteiger partial charge in [-0.05, 0) is 32.0 Å². The van der Waals surface area contributed by atoms with E-state index in [-0.39, 0.29) is 10.8 Å². The van der Waals surface area contributed by atoms with Crippen molar-refractivity contribution in [1.29, 1.82) is 0 Å². The number of H-pyrrole nitrogens is 1. The molecule has 0 spiro atoms. The lowest BCUT2D eigenvalue weighted by atomic mass is 10.1. The number of hydrogen-bond donors (Lipinski definition) is 1. The van der Waals surface area contributed by atoms with Crippen molar-refractivity contribution >= 4 is 22.7 Å². The summed E-state index contributed by atoms with van der Waals surface area (Å²) in [6.45, 7) is 3.95. The molecular formula is C21H18N4OS. The summed E-state index contributed by atoms with van der Waals surface area (Å²) < 4.78 is 0. The number of nitrogens with one attached hydrogen (secondary N) is 1. The number of aromatic nitrogens is 4. The number of para-hydroxylation sites is 1. The van der Waals surface area contributed by atoms with Crippen LogP contribution in [-0.2, 0) is 0 Å². The van der Waals surface area contributed by atoms with E-state index in [1.807, 2.05) is 68.4 Å². The first kappa shape index (κ1) is 17.4. The maximum absolute atomic E-state index is 12.3. The van der Waals surface area contributed by atoms with Crippen LogP contribution in [0.3, 0.4) is 0 Å². The van der Waals surface area contributed by atoms with E-state index in [2.05, 4.69) is 19.9 Å². The van der Waals surface area contributed by atoms with E-state index >= 15 is 0 Å². The lowest BCUT2D eigenvalue weighted by Crippen LogP contribution is -2.13. The van der Waals surface area contributed by atoms with Crippen LogP contribution in [-0.4, -0.2) is 19.9 Å². The highest BCUT2D eigenvalue weighted by atomic mass is 32.2. The summed E-state index contributed by atoms with van der Waals surface area (Å²) in [5.41, 5.74) is 3.41. The van der Waals surface area contributed by atoms with Crippen LogP contribution in [0.1, 0.15) is 23.7 Å². The summed E-state index contributed by atoms with van der Waals surface area (Å²) in [7, 11) is 0. The van der Waals surface area contributed by atoms with Crippen LogP contribution in [0.25, 0.3) is 22.2 Å². The molecule has 27 heavy (non-hydrogen) atoms. The standard InChI is InChI=1S/C21H18N4OS/c1-13-12-18(15-8-4-3-5-9-15)24-21(22-13)27-14(2)19-23-17-11-7-6-10-16(17)20(26)25-19/h3-12,14H,1-2H3,(H,23,25,26)/t14-/m1/s1. The molecule has 0 aliphatic carbocycles. The molecular weight excluding hydrogens is 356 g/mol. The average Bonchev–Trinajstić information content (AvgIpc) is 2.68. The predicted molar refractivity (Wildman–Crippen MR) is 109 cm³/mol. The van der Waals surface area contributed by atoms with Crippen LogP contribution in [0.2, 0.25) is 0 Å². The van der Waals surface area contributed by atoms with Gasteiger partial charge in [-0.25, -0.2) is 15.0 Å². The highest BCUT2D eigenvalue weighted by molar-refractivity contribution is 7.99. The fraction of sp³-hybridized carbons (Fsp3) is 0.143. The first-order chi connectivity index (χ1) is 13.1. The Morgan fingerprint density at radius 3 is 2.52 bits per heavy atom. The van der Waals surface area contributed by atoms with E-state index in [1.54, 1.807) is 6.07 Å². The molecule has 0 amide bonds. The second kappa shape index (κ2) is 7.32. The number of benzene rings is 2. The van der Waals surface area contributed by atoms with Crippen LogP contribution in [0.5, 0.6) is 0 Å². The minimum atomic E-state index is -0.127. The third-order valence-electron chi connectivity index (χ3n) is 4.20. The zero-order chi connectivity index (χ0) is 18.8. The Labute approximate surface area is 160 Å². The van der Waals surface area contributed by atoms with Crippen LogP contribution >= 0.6 is 11.8 Å². The fourth-order valence-electron chi connectivity index (χ4n) is 2.86. The lowest BCUT2D eigenvalue weighted by Gasteiger charge is -2.11. The SMILES string of the molecule is Cc1cc(-c2ccccc2)nc(S[C@H](C)c2nc3ccccc3c(=O)[nH]2)n1. The van der Waals surface area contributed by atoms with Crippen molar-refractivity contribution in [3.05, 3.63) is 82.5 Å². The summed E-state index contributed by atoms with van der Waals surface area (Å²) in [6, 6.07) is 19.3. The number of nitrogens with zero attached hydrogens (tertiary/aromatic N) is 3. The first-order valence-corrected chi connectivity index (χ1v) is 9.55. The number of hydrogen-bond acceptors (Lipinski definition) is 5. The normalized spacial score (nSPS) is 12.2. The van der Waals surface area contributed by atoms with Crippen molar-refractivity contribution in [1.82, 2.24) is 19.9 Å². The predicted octanol–water partition coefficient (Wildman–Crippen LogP) is 4.54. The first-order valence-electron chi connectivity index (χ1n) is 8.67. The molecule has 0 radical (unpaired) electrons. The van der Waals surface area contributed by atoms with Crippen molar-refractivity contribution in [3.63, 3.8) is 0 Å².